The topological polar surface area (TPSA) is 55.4 Å². The molecule has 0 aliphatic heterocycles. The summed E-state index contributed by atoms with van der Waals surface area (Å²) in [5, 5.41) is 2.42. The average molecular weight is 317 g/mol. The van der Waals surface area contributed by atoms with Crippen LogP contribution in [0.25, 0.3) is 0 Å². The van der Waals surface area contributed by atoms with Gasteiger partial charge < -0.3 is 10.1 Å². The summed E-state index contributed by atoms with van der Waals surface area (Å²) in [4.78, 5) is 23.6. The van der Waals surface area contributed by atoms with Crippen molar-refractivity contribution in [1.82, 2.24) is 5.32 Å². The molecule has 122 valence electrons. The molecule has 0 fully saturated rings. The second-order valence-corrected chi connectivity index (χ2v) is 4.77. The molecule has 0 radical (unpaired) electrons. The van der Waals surface area contributed by atoms with E-state index in [2.05, 4.69) is 10.1 Å². The number of nitrogens with one attached hydrogen (secondary N) is 1. The van der Waals surface area contributed by atoms with Crippen molar-refractivity contribution in [2.24, 2.45) is 0 Å². The molecule has 0 aliphatic rings. The summed E-state index contributed by atoms with van der Waals surface area (Å²) < 4.78 is 42.5. The van der Waals surface area contributed by atoms with Gasteiger partial charge in [-0.3, -0.25) is 4.79 Å². The van der Waals surface area contributed by atoms with E-state index in [-0.39, 0.29) is 5.56 Å². The molecule has 7 heteroatoms. The van der Waals surface area contributed by atoms with E-state index in [1.807, 2.05) is 6.92 Å². The Morgan fingerprint density at radius 3 is 2.55 bits per heavy atom. The molecule has 1 atom stereocenters. The van der Waals surface area contributed by atoms with Crippen molar-refractivity contribution < 1.29 is 27.5 Å². The van der Waals surface area contributed by atoms with E-state index in [4.69, 9.17) is 0 Å². The summed E-state index contributed by atoms with van der Waals surface area (Å²) in [6, 6.07) is 3.18. The molecular formula is C15H18F3NO3. The number of carbonyl (C=O) groups excluding carboxylic acids is 2. The maximum absolute atomic E-state index is 12.6. The minimum absolute atomic E-state index is 0.153. The first kappa shape index (κ1) is 18.0. The Morgan fingerprint density at radius 1 is 1.32 bits per heavy atom. The smallest absolute Gasteiger partial charge is 0.416 e. The largest absolute Gasteiger partial charge is 0.467 e. The number of methoxy groups -OCH3 is 1. The molecule has 0 heterocycles. The molecule has 0 bridgehead atoms. The summed E-state index contributed by atoms with van der Waals surface area (Å²) in [5.41, 5.74) is -1.07. The summed E-state index contributed by atoms with van der Waals surface area (Å²) in [6.45, 7) is 1.92. The number of alkyl halides is 3. The van der Waals surface area contributed by atoms with Gasteiger partial charge in [-0.05, 0) is 24.6 Å². The lowest BCUT2D eigenvalue weighted by Gasteiger charge is -2.16. The van der Waals surface area contributed by atoms with Gasteiger partial charge in [-0.25, -0.2) is 4.79 Å². The van der Waals surface area contributed by atoms with Crippen molar-refractivity contribution in [2.75, 3.05) is 7.11 Å². The number of hydrogen-bond acceptors (Lipinski definition) is 3. The fourth-order valence-corrected chi connectivity index (χ4v) is 1.88. The number of benzene rings is 1. The predicted molar refractivity (Wildman–Crippen MR) is 74.2 cm³/mol. The van der Waals surface area contributed by atoms with Gasteiger partial charge in [-0.15, -0.1) is 0 Å². The van der Waals surface area contributed by atoms with Crippen LogP contribution in [-0.2, 0) is 15.7 Å². The molecule has 0 spiro atoms. The van der Waals surface area contributed by atoms with Crippen LogP contribution in [0.1, 0.15) is 42.1 Å². The van der Waals surface area contributed by atoms with Crippen molar-refractivity contribution in [3.05, 3.63) is 35.4 Å². The minimum Gasteiger partial charge on any atom is -0.467 e. The highest BCUT2D eigenvalue weighted by molar-refractivity contribution is 5.96. The third-order valence-electron chi connectivity index (χ3n) is 3.09. The lowest BCUT2D eigenvalue weighted by molar-refractivity contribution is -0.143. The highest BCUT2D eigenvalue weighted by atomic mass is 19.4. The number of carbonyl (C=O) groups is 2. The van der Waals surface area contributed by atoms with E-state index < -0.39 is 29.7 Å². The monoisotopic (exact) mass is 317 g/mol. The van der Waals surface area contributed by atoms with E-state index in [0.717, 1.165) is 24.6 Å². The van der Waals surface area contributed by atoms with Crippen LogP contribution in [-0.4, -0.2) is 25.0 Å². The zero-order valence-electron chi connectivity index (χ0n) is 12.4. The van der Waals surface area contributed by atoms with Gasteiger partial charge in [0.25, 0.3) is 5.91 Å². The lowest BCUT2D eigenvalue weighted by Crippen LogP contribution is -2.41. The molecular weight excluding hydrogens is 299 g/mol. The zero-order chi connectivity index (χ0) is 16.8. The summed E-state index contributed by atoms with van der Waals surface area (Å²) in [6.07, 6.45) is -2.66. The SMILES string of the molecule is CCCC[C@@H](NC(=O)c1cccc(C(F)(F)F)c1)C(=O)OC. The quantitative estimate of drug-likeness (QED) is 0.820. The molecule has 0 saturated heterocycles. The maximum Gasteiger partial charge on any atom is 0.416 e. The van der Waals surface area contributed by atoms with Crippen LogP contribution in [0.4, 0.5) is 13.2 Å². The molecule has 1 N–H and O–H groups in total. The van der Waals surface area contributed by atoms with Crippen LogP contribution in [0.2, 0.25) is 0 Å². The van der Waals surface area contributed by atoms with Crippen LogP contribution in [0.3, 0.4) is 0 Å². The predicted octanol–water partition coefficient (Wildman–Crippen LogP) is 3.17. The van der Waals surface area contributed by atoms with Crippen molar-refractivity contribution in [1.29, 1.82) is 0 Å². The lowest BCUT2D eigenvalue weighted by atomic mass is 10.1. The fraction of sp³-hybridized carbons (Fsp3) is 0.467. The fourth-order valence-electron chi connectivity index (χ4n) is 1.88. The van der Waals surface area contributed by atoms with E-state index in [1.54, 1.807) is 0 Å². The molecule has 0 saturated carbocycles. The Morgan fingerprint density at radius 2 is 2.00 bits per heavy atom. The molecule has 0 aliphatic carbocycles. The molecule has 4 nitrogen and oxygen atoms in total. The van der Waals surface area contributed by atoms with Gasteiger partial charge in [0.15, 0.2) is 0 Å². The van der Waals surface area contributed by atoms with Gasteiger partial charge in [0, 0.05) is 5.56 Å². The number of unbranched alkanes of at least 4 members (excludes halogenated alkanes) is 1. The molecule has 1 rings (SSSR count). The summed E-state index contributed by atoms with van der Waals surface area (Å²) in [5.74, 6) is -1.36. The van der Waals surface area contributed by atoms with Crippen LogP contribution < -0.4 is 5.32 Å². The summed E-state index contributed by atoms with van der Waals surface area (Å²) in [7, 11) is 1.19. The molecule has 0 aromatic heterocycles. The average Bonchev–Trinajstić information content (AvgIpc) is 2.49. The number of esters is 1. The van der Waals surface area contributed by atoms with E-state index in [0.29, 0.717) is 12.8 Å². The first-order valence-corrected chi connectivity index (χ1v) is 6.85. The van der Waals surface area contributed by atoms with Crippen molar-refractivity contribution in [3.8, 4) is 0 Å². The normalized spacial score (nSPS) is 12.6. The molecule has 22 heavy (non-hydrogen) atoms. The molecule has 0 unspecified atom stereocenters. The Balaban J connectivity index is 2.88. The Labute approximate surface area is 126 Å². The summed E-state index contributed by atoms with van der Waals surface area (Å²) >= 11 is 0. The van der Waals surface area contributed by atoms with Crippen LogP contribution in [0.5, 0.6) is 0 Å². The van der Waals surface area contributed by atoms with Gasteiger partial charge >= 0.3 is 12.1 Å². The zero-order valence-corrected chi connectivity index (χ0v) is 12.4. The third-order valence-corrected chi connectivity index (χ3v) is 3.09. The van der Waals surface area contributed by atoms with Crippen LogP contribution in [0, 0.1) is 0 Å². The van der Waals surface area contributed by atoms with Crippen molar-refractivity contribution in [3.63, 3.8) is 0 Å². The van der Waals surface area contributed by atoms with Gasteiger partial charge in [0.2, 0.25) is 0 Å². The highest BCUT2D eigenvalue weighted by Crippen LogP contribution is 2.29. The first-order chi connectivity index (χ1) is 10.3. The standard InChI is InChI=1S/C15H18F3NO3/c1-3-4-8-12(14(21)22-2)19-13(20)10-6-5-7-11(9-10)15(16,17)18/h5-7,9,12H,3-4,8H2,1-2H3,(H,19,20)/t12-/m1/s1. The Kier molecular flexibility index (Phi) is 6.39. The number of rotatable bonds is 6. The minimum atomic E-state index is -4.53. The van der Waals surface area contributed by atoms with E-state index in [9.17, 15) is 22.8 Å². The Bertz CT molecular complexity index is 529. The number of hydrogen-bond donors (Lipinski definition) is 1. The first-order valence-electron chi connectivity index (χ1n) is 6.85. The molecule has 1 aromatic carbocycles. The van der Waals surface area contributed by atoms with E-state index in [1.165, 1.54) is 13.2 Å². The maximum atomic E-state index is 12.6. The molecule has 1 amide bonds. The van der Waals surface area contributed by atoms with Gasteiger partial charge in [0.05, 0.1) is 12.7 Å². The number of halogens is 3. The highest BCUT2D eigenvalue weighted by Gasteiger charge is 2.31. The number of ether oxygens (including phenoxy) is 1. The molecule has 1 aromatic rings. The Hall–Kier alpha value is -2.05. The van der Waals surface area contributed by atoms with Gasteiger partial charge in [-0.2, -0.15) is 13.2 Å². The van der Waals surface area contributed by atoms with Crippen molar-refractivity contribution >= 4 is 11.9 Å². The van der Waals surface area contributed by atoms with Crippen LogP contribution >= 0.6 is 0 Å². The second kappa shape index (κ2) is 7.82. The van der Waals surface area contributed by atoms with E-state index >= 15 is 0 Å². The van der Waals surface area contributed by atoms with Gasteiger partial charge in [-0.1, -0.05) is 25.8 Å². The number of amides is 1. The van der Waals surface area contributed by atoms with Crippen molar-refractivity contribution in [2.45, 2.75) is 38.4 Å². The third kappa shape index (κ3) is 5.05. The van der Waals surface area contributed by atoms with Gasteiger partial charge in [0.1, 0.15) is 6.04 Å². The second-order valence-electron chi connectivity index (χ2n) is 4.77. The van der Waals surface area contributed by atoms with Crippen LogP contribution in [0.15, 0.2) is 24.3 Å².